The Labute approximate surface area is 123 Å². The molecule has 0 spiro atoms. The molecule has 0 heterocycles. The highest BCUT2D eigenvalue weighted by atomic mass is 35.5. The summed E-state index contributed by atoms with van der Waals surface area (Å²) in [5.41, 5.74) is 0.333. The van der Waals surface area contributed by atoms with Crippen molar-refractivity contribution < 1.29 is 8.42 Å². The van der Waals surface area contributed by atoms with Gasteiger partial charge < -0.3 is 0 Å². The van der Waals surface area contributed by atoms with Gasteiger partial charge in [-0.05, 0) is 30.9 Å². The molecule has 0 saturated heterocycles. The molecule has 1 rings (SSSR count). The maximum absolute atomic E-state index is 12.2. The van der Waals surface area contributed by atoms with E-state index in [2.05, 4.69) is 4.72 Å². The highest BCUT2D eigenvalue weighted by Crippen LogP contribution is 2.23. The molecule has 1 N–H and O–H groups in total. The van der Waals surface area contributed by atoms with Gasteiger partial charge in [0.2, 0.25) is 10.0 Å². The summed E-state index contributed by atoms with van der Waals surface area (Å²) >= 11 is 7.50. The van der Waals surface area contributed by atoms with Gasteiger partial charge in [0.15, 0.2) is 0 Å². The second-order valence-electron chi connectivity index (χ2n) is 3.94. The minimum atomic E-state index is -3.65. The van der Waals surface area contributed by atoms with Crippen LogP contribution >= 0.6 is 23.4 Å². The molecule has 0 fully saturated rings. The Morgan fingerprint density at radius 1 is 1.53 bits per heavy atom. The highest BCUT2D eigenvalue weighted by molar-refractivity contribution is 7.98. The summed E-state index contributed by atoms with van der Waals surface area (Å²) in [6.07, 6.45) is 2.62. The number of nitrogens with one attached hydrogen (secondary N) is 1. The van der Waals surface area contributed by atoms with Gasteiger partial charge in [0.1, 0.15) is 4.90 Å². The third-order valence-electron chi connectivity index (χ3n) is 2.53. The molecule has 0 aliphatic carbocycles. The first-order valence-corrected chi connectivity index (χ1v) is 8.91. The van der Waals surface area contributed by atoms with Gasteiger partial charge in [-0.1, -0.05) is 18.5 Å². The standard InChI is InChI=1S/C12H15ClN2O2S2/c1-3-10(8-18-2)15-19(16,17)12-5-4-9(7-14)6-11(12)13/h4-6,10,15H,3,8H2,1-2H3. The van der Waals surface area contributed by atoms with E-state index >= 15 is 0 Å². The van der Waals surface area contributed by atoms with E-state index in [4.69, 9.17) is 16.9 Å². The van der Waals surface area contributed by atoms with Crippen LogP contribution in [-0.2, 0) is 10.0 Å². The van der Waals surface area contributed by atoms with Crippen molar-refractivity contribution in [3.8, 4) is 6.07 Å². The van der Waals surface area contributed by atoms with Crippen molar-refractivity contribution in [3.05, 3.63) is 28.8 Å². The first-order valence-electron chi connectivity index (χ1n) is 5.65. The Kier molecular flexibility index (Phi) is 6.14. The summed E-state index contributed by atoms with van der Waals surface area (Å²) in [5, 5.41) is 8.79. The number of thioether (sulfide) groups is 1. The maximum Gasteiger partial charge on any atom is 0.242 e. The zero-order valence-electron chi connectivity index (χ0n) is 10.7. The zero-order chi connectivity index (χ0) is 14.5. The van der Waals surface area contributed by atoms with Gasteiger partial charge in [0.25, 0.3) is 0 Å². The summed E-state index contributed by atoms with van der Waals surface area (Å²) in [6.45, 7) is 1.92. The third kappa shape index (κ3) is 4.39. The molecule has 7 heteroatoms. The Morgan fingerprint density at radius 2 is 2.21 bits per heavy atom. The summed E-state index contributed by atoms with van der Waals surface area (Å²) < 4.78 is 27.0. The lowest BCUT2D eigenvalue weighted by Gasteiger charge is -2.16. The van der Waals surface area contributed by atoms with Crippen LogP contribution in [0.5, 0.6) is 0 Å². The average molecular weight is 319 g/mol. The molecule has 104 valence electrons. The summed E-state index contributed by atoms with van der Waals surface area (Å²) in [5.74, 6) is 0.698. The molecule has 0 aliphatic rings. The van der Waals surface area contributed by atoms with Crippen LogP contribution in [0.25, 0.3) is 0 Å². The number of rotatable bonds is 6. The molecule has 4 nitrogen and oxygen atoms in total. The van der Waals surface area contributed by atoms with E-state index in [0.29, 0.717) is 17.7 Å². The predicted octanol–water partition coefficient (Wildman–Crippen LogP) is 2.63. The minimum Gasteiger partial charge on any atom is -0.207 e. The lowest BCUT2D eigenvalue weighted by atomic mass is 10.2. The van der Waals surface area contributed by atoms with Crippen LogP contribution in [0, 0.1) is 11.3 Å². The number of nitriles is 1. The fourth-order valence-corrected chi connectivity index (χ4v) is 4.20. The first-order chi connectivity index (χ1) is 8.94. The number of benzene rings is 1. The zero-order valence-corrected chi connectivity index (χ0v) is 13.1. The van der Waals surface area contributed by atoms with Gasteiger partial charge in [-0.2, -0.15) is 17.0 Å². The van der Waals surface area contributed by atoms with Crippen molar-refractivity contribution in [1.82, 2.24) is 4.72 Å². The van der Waals surface area contributed by atoms with E-state index in [0.717, 1.165) is 0 Å². The second-order valence-corrected chi connectivity index (χ2v) is 6.94. The summed E-state index contributed by atoms with van der Waals surface area (Å²) in [7, 11) is -3.65. The van der Waals surface area contributed by atoms with Crippen LogP contribution in [-0.4, -0.2) is 26.5 Å². The molecule has 0 aromatic heterocycles. The Bertz CT molecular complexity index is 582. The van der Waals surface area contributed by atoms with Crippen molar-refractivity contribution in [2.24, 2.45) is 0 Å². The molecule has 0 saturated carbocycles. The van der Waals surface area contributed by atoms with E-state index in [1.165, 1.54) is 18.2 Å². The second kappa shape index (κ2) is 7.15. The number of nitrogens with zero attached hydrogens (tertiary/aromatic N) is 1. The lowest BCUT2D eigenvalue weighted by Crippen LogP contribution is -2.36. The van der Waals surface area contributed by atoms with Crippen molar-refractivity contribution in [2.75, 3.05) is 12.0 Å². The number of hydrogen-bond donors (Lipinski definition) is 1. The van der Waals surface area contributed by atoms with Crippen molar-refractivity contribution >= 4 is 33.4 Å². The van der Waals surface area contributed by atoms with Gasteiger partial charge in [0.05, 0.1) is 16.7 Å². The van der Waals surface area contributed by atoms with Crippen LogP contribution in [0.15, 0.2) is 23.1 Å². The fraction of sp³-hybridized carbons (Fsp3) is 0.417. The van der Waals surface area contributed by atoms with Crippen LogP contribution in [0.1, 0.15) is 18.9 Å². The van der Waals surface area contributed by atoms with E-state index in [1.54, 1.807) is 11.8 Å². The van der Waals surface area contributed by atoms with Gasteiger partial charge >= 0.3 is 0 Å². The van der Waals surface area contributed by atoms with Crippen molar-refractivity contribution in [2.45, 2.75) is 24.3 Å². The van der Waals surface area contributed by atoms with Crippen LogP contribution in [0.4, 0.5) is 0 Å². The number of hydrogen-bond acceptors (Lipinski definition) is 4. The first kappa shape index (κ1) is 16.3. The molecular formula is C12H15ClN2O2S2. The van der Waals surface area contributed by atoms with Crippen molar-refractivity contribution in [3.63, 3.8) is 0 Å². The van der Waals surface area contributed by atoms with Gasteiger partial charge in [-0.15, -0.1) is 0 Å². The number of halogens is 1. The molecule has 1 unspecified atom stereocenters. The largest absolute Gasteiger partial charge is 0.242 e. The molecule has 0 radical (unpaired) electrons. The molecule has 19 heavy (non-hydrogen) atoms. The maximum atomic E-state index is 12.2. The molecule has 1 aromatic carbocycles. The van der Waals surface area contributed by atoms with Gasteiger partial charge in [-0.25, -0.2) is 13.1 Å². The predicted molar refractivity (Wildman–Crippen MR) is 78.9 cm³/mol. The topological polar surface area (TPSA) is 70.0 Å². The van der Waals surface area contributed by atoms with Crippen LogP contribution < -0.4 is 4.72 Å². The monoisotopic (exact) mass is 318 g/mol. The minimum absolute atomic E-state index is 0.00715. The molecule has 0 aliphatic heterocycles. The third-order valence-corrected chi connectivity index (χ3v) is 5.27. The van der Waals surface area contributed by atoms with Crippen molar-refractivity contribution in [1.29, 1.82) is 5.26 Å². The molecule has 0 bridgehead atoms. The molecular weight excluding hydrogens is 304 g/mol. The van der Waals surface area contributed by atoms with E-state index in [9.17, 15) is 8.42 Å². The SMILES string of the molecule is CCC(CSC)NS(=O)(=O)c1ccc(C#N)cc1Cl. The molecule has 1 atom stereocenters. The van der Waals surface area contributed by atoms with E-state index < -0.39 is 10.0 Å². The number of sulfonamides is 1. The Morgan fingerprint density at radius 3 is 2.68 bits per heavy atom. The van der Waals surface area contributed by atoms with Gasteiger partial charge in [-0.3, -0.25) is 0 Å². The molecule has 0 amide bonds. The lowest BCUT2D eigenvalue weighted by molar-refractivity contribution is 0.558. The molecule has 1 aromatic rings. The fourth-order valence-electron chi connectivity index (χ4n) is 1.51. The van der Waals surface area contributed by atoms with Gasteiger partial charge in [0, 0.05) is 11.8 Å². The van der Waals surface area contributed by atoms with Crippen LogP contribution in [0.3, 0.4) is 0 Å². The summed E-state index contributed by atoms with van der Waals surface area (Å²) in [4.78, 5) is 0.00715. The summed E-state index contributed by atoms with van der Waals surface area (Å²) in [6, 6.07) is 5.93. The quantitative estimate of drug-likeness (QED) is 0.875. The van der Waals surface area contributed by atoms with E-state index in [-0.39, 0.29) is 16.0 Å². The smallest absolute Gasteiger partial charge is 0.207 e. The highest BCUT2D eigenvalue weighted by Gasteiger charge is 2.21. The Balaban J connectivity index is 3.04. The normalized spacial score (nSPS) is 12.9. The Hall–Kier alpha value is -0.740. The average Bonchev–Trinajstić information content (AvgIpc) is 2.37. The van der Waals surface area contributed by atoms with E-state index in [1.807, 2.05) is 19.2 Å². The van der Waals surface area contributed by atoms with Crippen LogP contribution in [0.2, 0.25) is 5.02 Å².